The van der Waals surface area contributed by atoms with Crippen molar-refractivity contribution in [2.75, 3.05) is 5.32 Å². The van der Waals surface area contributed by atoms with Crippen LogP contribution in [0, 0.1) is 0 Å². The molecule has 1 N–H and O–H groups in total. The predicted molar refractivity (Wildman–Crippen MR) is 95.3 cm³/mol. The van der Waals surface area contributed by atoms with Gasteiger partial charge >= 0.3 is 0 Å². The van der Waals surface area contributed by atoms with Gasteiger partial charge < -0.3 is 5.32 Å². The van der Waals surface area contributed by atoms with Gasteiger partial charge in [0.25, 0.3) is 0 Å². The molecule has 1 aromatic carbocycles. The Morgan fingerprint density at radius 3 is 2.50 bits per heavy atom. The summed E-state index contributed by atoms with van der Waals surface area (Å²) in [5.41, 5.74) is 2.88. The standard InChI is InChI=1S/C18H12ClN5/c19-17-4-2-15(10-23-17)24-18-16-3-1-12(7-13(16)5-6-22-18)14-8-20-11-21-9-14/h1-11H,(H,22,24). The van der Waals surface area contributed by atoms with E-state index in [-0.39, 0.29) is 0 Å². The lowest BCUT2D eigenvalue weighted by atomic mass is 10.0. The third kappa shape index (κ3) is 2.89. The Bertz CT molecular complexity index is 987. The fourth-order valence-corrected chi connectivity index (χ4v) is 2.60. The Kier molecular flexibility index (Phi) is 3.76. The van der Waals surface area contributed by atoms with E-state index in [9.17, 15) is 0 Å². The maximum atomic E-state index is 5.82. The molecule has 3 aromatic heterocycles. The van der Waals surface area contributed by atoms with Gasteiger partial charge in [0, 0.05) is 29.5 Å². The van der Waals surface area contributed by atoms with Gasteiger partial charge in [-0.1, -0.05) is 23.7 Å². The SMILES string of the molecule is Clc1ccc(Nc2nccc3cc(-c4cncnc4)ccc23)cn1. The zero-order chi connectivity index (χ0) is 16.4. The summed E-state index contributed by atoms with van der Waals surface area (Å²) in [4.78, 5) is 16.6. The molecule has 0 saturated carbocycles. The third-order valence-corrected chi connectivity index (χ3v) is 3.87. The molecule has 0 radical (unpaired) electrons. The van der Waals surface area contributed by atoms with Crippen molar-refractivity contribution in [1.29, 1.82) is 0 Å². The van der Waals surface area contributed by atoms with Gasteiger partial charge in [-0.2, -0.15) is 0 Å². The molecular weight excluding hydrogens is 322 g/mol. The van der Waals surface area contributed by atoms with Crippen LogP contribution in [0.1, 0.15) is 0 Å². The fraction of sp³-hybridized carbons (Fsp3) is 0. The average molecular weight is 334 g/mol. The van der Waals surface area contributed by atoms with E-state index in [1.807, 2.05) is 24.3 Å². The van der Waals surface area contributed by atoms with Crippen molar-refractivity contribution in [1.82, 2.24) is 19.9 Å². The molecule has 0 fully saturated rings. The number of aromatic nitrogens is 4. The Hall–Kier alpha value is -3.05. The summed E-state index contributed by atoms with van der Waals surface area (Å²) in [6.07, 6.45) is 8.58. The number of nitrogens with zero attached hydrogens (tertiary/aromatic N) is 4. The number of pyridine rings is 2. The second-order valence-electron chi connectivity index (χ2n) is 5.22. The summed E-state index contributed by atoms with van der Waals surface area (Å²) < 4.78 is 0. The van der Waals surface area contributed by atoms with Crippen molar-refractivity contribution in [3.8, 4) is 11.1 Å². The monoisotopic (exact) mass is 333 g/mol. The highest BCUT2D eigenvalue weighted by Crippen LogP contribution is 2.28. The first-order valence-electron chi connectivity index (χ1n) is 7.32. The minimum atomic E-state index is 0.459. The van der Waals surface area contributed by atoms with Crippen molar-refractivity contribution in [2.24, 2.45) is 0 Å². The van der Waals surface area contributed by atoms with E-state index in [1.165, 1.54) is 6.33 Å². The van der Waals surface area contributed by atoms with Crippen molar-refractivity contribution in [3.63, 3.8) is 0 Å². The van der Waals surface area contributed by atoms with E-state index in [1.54, 1.807) is 30.9 Å². The molecule has 4 rings (SSSR count). The van der Waals surface area contributed by atoms with Crippen molar-refractivity contribution >= 4 is 33.9 Å². The van der Waals surface area contributed by atoms with Gasteiger partial charge in [-0.3, -0.25) is 0 Å². The van der Waals surface area contributed by atoms with E-state index in [2.05, 4.69) is 31.3 Å². The van der Waals surface area contributed by atoms with Crippen molar-refractivity contribution < 1.29 is 0 Å². The van der Waals surface area contributed by atoms with E-state index in [4.69, 9.17) is 11.6 Å². The van der Waals surface area contributed by atoms with Gasteiger partial charge in [-0.25, -0.2) is 19.9 Å². The van der Waals surface area contributed by atoms with Crippen LogP contribution >= 0.6 is 11.6 Å². The number of rotatable bonds is 3. The fourth-order valence-electron chi connectivity index (χ4n) is 2.49. The van der Waals surface area contributed by atoms with Gasteiger partial charge in [-0.15, -0.1) is 0 Å². The summed E-state index contributed by atoms with van der Waals surface area (Å²) in [5.74, 6) is 0.771. The first-order chi connectivity index (χ1) is 11.8. The molecule has 0 bridgehead atoms. The molecule has 4 aromatic rings. The second-order valence-corrected chi connectivity index (χ2v) is 5.60. The minimum absolute atomic E-state index is 0.459. The summed E-state index contributed by atoms with van der Waals surface area (Å²) in [5, 5.41) is 5.84. The molecule has 0 aliphatic heterocycles. The van der Waals surface area contributed by atoms with Gasteiger partial charge in [-0.05, 0) is 35.2 Å². The smallest absolute Gasteiger partial charge is 0.138 e. The summed E-state index contributed by atoms with van der Waals surface area (Å²) in [6.45, 7) is 0. The van der Waals surface area contributed by atoms with Crippen LogP contribution in [0.5, 0.6) is 0 Å². The highest BCUT2D eigenvalue weighted by molar-refractivity contribution is 6.29. The Morgan fingerprint density at radius 2 is 1.71 bits per heavy atom. The minimum Gasteiger partial charge on any atom is -0.338 e. The molecule has 5 nitrogen and oxygen atoms in total. The van der Waals surface area contributed by atoms with E-state index < -0.39 is 0 Å². The summed E-state index contributed by atoms with van der Waals surface area (Å²) in [6, 6.07) is 11.8. The first-order valence-corrected chi connectivity index (χ1v) is 7.70. The van der Waals surface area contributed by atoms with Gasteiger partial charge in [0.2, 0.25) is 0 Å². The van der Waals surface area contributed by atoms with Gasteiger partial charge in [0.05, 0.1) is 11.9 Å². The number of fused-ring (bicyclic) bond motifs is 1. The molecule has 24 heavy (non-hydrogen) atoms. The Balaban J connectivity index is 1.74. The molecule has 0 spiro atoms. The molecule has 0 aliphatic rings. The summed E-state index contributed by atoms with van der Waals surface area (Å²) >= 11 is 5.82. The molecule has 0 atom stereocenters. The molecule has 116 valence electrons. The van der Waals surface area contributed by atoms with Crippen LogP contribution in [-0.4, -0.2) is 19.9 Å². The average Bonchev–Trinajstić information content (AvgIpc) is 2.64. The highest BCUT2D eigenvalue weighted by atomic mass is 35.5. The number of halogens is 1. The molecule has 0 aliphatic carbocycles. The number of hydrogen-bond acceptors (Lipinski definition) is 5. The zero-order valence-electron chi connectivity index (χ0n) is 12.5. The molecule has 0 amide bonds. The van der Waals surface area contributed by atoms with Gasteiger partial charge in [0.1, 0.15) is 17.3 Å². The van der Waals surface area contributed by atoms with E-state index in [0.29, 0.717) is 5.15 Å². The quantitative estimate of drug-likeness (QED) is 0.560. The maximum Gasteiger partial charge on any atom is 0.138 e. The molecular formula is C18H12ClN5. The molecule has 0 saturated heterocycles. The summed E-state index contributed by atoms with van der Waals surface area (Å²) in [7, 11) is 0. The van der Waals surface area contributed by atoms with Crippen LogP contribution < -0.4 is 5.32 Å². The Morgan fingerprint density at radius 1 is 0.833 bits per heavy atom. The topological polar surface area (TPSA) is 63.6 Å². The van der Waals surface area contributed by atoms with Gasteiger partial charge in [0.15, 0.2) is 0 Å². The lowest BCUT2D eigenvalue weighted by molar-refractivity contribution is 1.17. The van der Waals surface area contributed by atoms with Crippen LogP contribution in [0.4, 0.5) is 11.5 Å². The largest absolute Gasteiger partial charge is 0.338 e. The lowest BCUT2D eigenvalue weighted by Gasteiger charge is -2.10. The van der Waals surface area contributed by atoms with E-state index in [0.717, 1.165) is 33.4 Å². The van der Waals surface area contributed by atoms with Crippen LogP contribution in [0.25, 0.3) is 21.9 Å². The zero-order valence-corrected chi connectivity index (χ0v) is 13.3. The number of anilines is 2. The molecule has 3 heterocycles. The van der Waals surface area contributed by atoms with Crippen LogP contribution in [0.2, 0.25) is 5.15 Å². The predicted octanol–water partition coefficient (Wildman–Crippen LogP) is 4.48. The number of nitrogens with one attached hydrogen (secondary N) is 1. The highest BCUT2D eigenvalue weighted by Gasteiger charge is 2.06. The first kappa shape index (κ1) is 14.5. The second kappa shape index (κ2) is 6.22. The van der Waals surface area contributed by atoms with Crippen molar-refractivity contribution in [3.05, 3.63) is 72.7 Å². The molecule has 0 unspecified atom stereocenters. The number of hydrogen-bond donors (Lipinski definition) is 1. The molecule has 6 heteroatoms. The maximum absolute atomic E-state index is 5.82. The third-order valence-electron chi connectivity index (χ3n) is 3.65. The van der Waals surface area contributed by atoms with Crippen LogP contribution in [0.15, 0.2) is 67.5 Å². The van der Waals surface area contributed by atoms with Crippen LogP contribution in [-0.2, 0) is 0 Å². The van der Waals surface area contributed by atoms with E-state index >= 15 is 0 Å². The Labute approximate surface area is 143 Å². The van der Waals surface area contributed by atoms with Crippen LogP contribution in [0.3, 0.4) is 0 Å². The van der Waals surface area contributed by atoms with Crippen molar-refractivity contribution in [2.45, 2.75) is 0 Å². The number of benzene rings is 1. The normalized spacial score (nSPS) is 10.7. The lowest BCUT2D eigenvalue weighted by Crippen LogP contribution is -1.95.